The minimum absolute atomic E-state index is 0.00252. The molecule has 13 heteroatoms. The number of carboxylic acids is 2. The Morgan fingerprint density at radius 3 is 2.08 bits per heavy atom. The molecule has 26 heavy (non-hydrogen) atoms. The monoisotopic (exact) mass is 394 g/mol. The van der Waals surface area contributed by atoms with Crippen molar-refractivity contribution < 1.29 is 39.3 Å². The fraction of sp³-hybridized carbons (Fsp3) is 0.615. The van der Waals surface area contributed by atoms with E-state index in [9.17, 15) is 29.1 Å². The highest BCUT2D eigenvalue weighted by atomic mass is 32.1. The van der Waals surface area contributed by atoms with Crippen molar-refractivity contribution in [2.45, 2.75) is 37.6 Å². The second-order valence-electron chi connectivity index (χ2n) is 5.29. The third kappa shape index (κ3) is 8.64. The summed E-state index contributed by atoms with van der Waals surface area (Å²) < 4.78 is 0. The predicted octanol–water partition coefficient (Wildman–Crippen LogP) is -3.73. The molecule has 0 heterocycles. The minimum Gasteiger partial charge on any atom is -0.481 e. The van der Waals surface area contributed by atoms with Gasteiger partial charge < -0.3 is 37.0 Å². The van der Waals surface area contributed by atoms with Crippen molar-refractivity contribution in [1.29, 1.82) is 0 Å². The standard InChI is InChI=1S/C13H22N4O8S/c1-5(18)10(17-11(22)6(14)4-26)12(23)15-3-8(19)16-7(13(24)25)2-9(20)21/h5-7,10,18,26H,2-4,14H2,1H3,(H,15,23)(H,16,19)(H,17,22)(H,20,21)(H,24,25). The van der Waals surface area contributed by atoms with Crippen molar-refractivity contribution >= 4 is 42.3 Å². The molecule has 4 unspecified atom stereocenters. The molecule has 0 radical (unpaired) electrons. The van der Waals surface area contributed by atoms with E-state index in [-0.39, 0.29) is 5.75 Å². The summed E-state index contributed by atoms with van der Waals surface area (Å²) in [5.41, 5.74) is 5.44. The summed E-state index contributed by atoms with van der Waals surface area (Å²) in [5.74, 6) is -5.60. The average Bonchev–Trinajstić information content (AvgIpc) is 2.54. The largest absolute Gasteiger partial charge is 0.481 e. The van der Waals surface area contributed by atoms with Crippen molar-refractivity contribution in [3.63, 3.8) is 0 Å². The summed E-state index contributed by atoms with van der Waals surface area (Å²) in [6, 6.07) is -4.09. The van der Waals surface area contributed by atoms with Crippen LogP contribution in [0, 0.1) is 0 Å². The van der Waals surface area contributed by atoms with Gasteiger partial charge in [-0.15, -0.1) is 0 Å². The van der Waals surface area contributed by atoms with Gasteiger partial charge in [0.25, 0.3) is 0 Å². The number of thiol groups is 1. The molecule has 0 aliphatic heterocycles. The lowest BCUT2D eigenvalue weighted by atomic mass is 10.1. The van der Waals surface area contributed by atoms with Gasteiger partial charge in [0.2, 0.25) is 17.7 Å². The van der Waals surface area contributed by atoms with E-state index in [0.29, 0.717) is 0 Å². The number of carbonyl (C=O) groups excluding carboxylic acids is 3. The molecular formula is C13H22N4O8S. The van der Waals surface area contributed by atoms with Crippen molar-refractivity contribution in [2.75, 3.05) is 12.3 Å². The topological polar surface area (TPSA) is 208 Å². The minimum atomic E-state index is -1.67. The van der Waals surface area contributed by atoms with Gasteiger partial charge in [0.05, 0.1) is 25.1 Å². The number of nitrogens with one attached hydrogen (secondary N) is 3. The molecule has 0 aliphatic carbocycles. The second-order valence-corrected chi connectivity index (χ2v) is 5.66. The number of rotatable bonds is 11. The Balaban J connectivity index is 4.71. The first-order valence-electron chi connectivity index (χ1n) is 7.36. The molecule has 0 fully saturated rings. The van der Waals surface area contributed by atoms with E-state index in [4.69, 9.17) is 15.9 Å². The van der Waals surface area contributed by atoms with Gasteiger partial charge in [0.15, 0.2) is 0 Å². The van der Waals surface area contributed by atoms with Crippen molar-refractivity contribution in [2.24, 2.45) is 5.73 Å². The molecule has 0 saturated carbocycles. The second kappa shape index (κ2) is 11.3. The molecule has 0 aromatic rings. The highest BCUT2D eigenvalue weighted by Gasteiger charge is 2.28. The summed E-state index contributed by atoms with van der Waals surface area (Å²) >= 11 is 3.83. The lowest BCUT2D eigenvalue weighted by Crippen LogP contribution is -2.57. The number of aliphatic carboxylic acids is 2. The van der Waals surface area contributed by atoms with Crippen LogP contribution in [-0.2, 0) is 24.0 Å². The first-order valence-corrected chi connectivity index (χ1v) is 7.99. The van der Waals surface area contributed by atoms with E-state index in [1.54, 1.807) is 0 Å². The first kappa shape index (κ1) is 23.6. The Labute approximate surface area is 153 Å². The van der Waals surface area contributed by atoms with Gasteiger partial charge in [-0.3, -0.25) is 19.2 Å². The van der Waals surface area contributed by atoms with Crippen LogP contribution in [0.3, 0.4) is 0 Å². The van der Waals surface area contributed by atoms with Gasteiger partial charge in [-0.1, -0.05) is 0 Å². The maximum Gasteiger partial charge on any atom is 0.326 e. The van der Waals surface area contributed by atoms with Gasteiger partial charge in [-0.05, 0) is 6.92 Å². The van der Waals surface area contributed by atoms with Crippen molar-refractivity contribution in [3.05, 3.63) is 0 Å². The van der Waals surface area contributed by atoms with Crippen LogP contribution in [0.15, 0.2) is 0 Å². The molecule has 0 saturated heterocycles. The van der Waals surface area contributed by atoms with Gasteiger partial charge in [-0.25, -0.2) is 4.79 Å². The molecule has 3 amide bonds. The molecule has 0 aromatic carbocycles. The molecule has 0 aromatic heterocycles. The summed E-state index contributed by atoms with van der Waals surface area (Å²) in [4.78, 5) is 56.7. The van der Waals surface area contributed by atoms with Gasteiger partial charge in [0.1, 0.15) is 12.1 Å². The fourth-order valence-electron chi connectivity index (χ4n) is 1.65. The number of hydrogen-bond acceptors (Lipinski definition) is 8. The van der Waals surface area contributed by atoms with Crippen LogP contribution in [0.5, 0.6) is 0 Å². The van der Waals surface area contributed by atoms with Crippen LogP contribution < -0.4 is 21.7 Å². The molecule has 4 atom stereocenters. The number of nitrogens with two attached hydrogens (primary N) is 1. The molecule has 148 valence electrons. The number of aliphatic hydroxyl groups is 1. The zero-order valence-corrected chi connectivity index (χ0v) is 14.7. The highest BCUT2D eigenvalue weighted by molar-refractivity contribution is 7.80. The Hall–Kier alpha value is -2.38. The van der Waals surface area contributed by atoms with Crippen LogP contribution >= 0.6 is 12.6 Å². The summed E-state index contributed by atoms with van der Waals surface area (Å²) in [6.07, 6.45) is -2.16. The quantitative estimate of drug-likeness (QED) is 0.162. The fourth-order valence-corrected chi connectivity index (χ4v) is 1.81. The SMILES string of the molecule is CC(O)C(NC(=O)C(N)CS)C(=O)NCC(=O)NC(CC(=O)O)C(=O)O. The Morgan fingerprint density at radius 1 is 1.08 bits per heavy atom. The maximum absolute atomic E-state index is 12.0. The first-order chi connectivity index (χ1) is 12.0. The number of hydrogen-bond donors (Lipinski definition) is 8. The van der Waals surface area contributed by atoms with Crippen molar-refractivity contribution in [3.8, 4) is 0 Å². The highest BCUT2D eigenvalue weighted by Crippen LogP contribution is 1.96. The number of aliphatic hydroxyl groups excluding tert-OH is 1. The van der Waals surface area contributed by atoms with Crippen LogP contribution in [-0.4, -0.2) is 81.5 Å². The third-order valence-electron chi connectivity index (χ3n) is 3.03. The van der Waals surface area contributed by atoms with Crippen LogP contribution in [0.2, 0.25) is 0 Å². The summed E-state index contributed by atoms with van der Waals surface area (Å²) in [6.45, 7) is 0.532. The van der Waals surface area contributed by atoms with Gasteiger partial charge in [-0.2, -0.15) is 12.6 Å². The lowest BCUT2D eigenvalue weighted by Gasteiger charge is -2.22. The van der Waals surface area contributed by atoms with E-state index in [2.05, 4.69) is 23.3 Å². The third-order valence-corrected chi connectivity index (χ3v) is 3.42. The Kier molecular flexibility index (Phi) is 10.2. The number of carbonyl (C=O) groups is 5. The molecule has 0 spiro atoms. The van der Waals surface area contributed by atoms with E-state index >= 15 is 0 Å². The Bertz CT molecular complexity index is 556. The maximum atomic E-state index is 12.0. The van der Waals surface area contributed by atoms with Crippen LogP contribution in [0.4, 0.5) is 0 Å². The zero-order valence-electron chi connectivity index (χ0n) is 13.8. The lowest BCUT2D eigenvalue weighted by molar-refractivity contribution is -0.147. The number of carboxylic acid groups (broad SMARTS) is 2. The van der Waals surface area contributed by atoms with E-state index < -0.39 is 66.9 Å². The molecular weight excluding hydrogens is 372 g/mol. The van der Waals surface area contributed by atoms with Crippen molar-refractivity contribution in [1.82, 2.24) is 16.0 Å². The molecule has 8 N–H and O–H groups in total. The molecule has 12 nitrogen and oxygen atoms in total. The van der Waals surface area contributed by atoms with Gasteiger partial charge >= 0.3 is 11.9 Å². The predicted molar refractivity (Wildman–Crippen MR) is 90.3 cm³/mol. The molecule has 0 bridgehead atoms. The average molecular weight is 394 g/mol. The molecule has 0 rings (SSSR count). The molecule has 0 aliphatic rings. The summed E-state index contributed by atoms with van der Waals surface area (Å²) in [7, 11) is 0. The Morgan fingerprint density at radius 2 is 1.65 bits per heavy atom. The summed E-state index contributed by atoms with van der Waals surface area (Å²) in [5, 5.41) is 33.2. The number of amides is 3. The van der Waals surface area contributed by atoms with Crippen LogP contribution in [0.25, 0.3) is 0 Å². The van der Waals surface area contributed by atoms with Crippen LogP contribution in [0.1, 0.15) is 13.3 Å². The zero-order chi connectivity index (χ0) is 20.4. The van der Waals surface area contributed by atoms with E-state index in [1.165, 1.54) is 6.92 Å². The van der Waals surface area contributed by atoms with Gasteiger partial charge in [0, 0.05) is 5.75 Å². The van der Waals surface area contributed by atoms with E-state index in [0.717, 1.165) is 0 Å². The van der Waals surface area contributed by atoms with E-state index in [1.807, 2.05) is 5.32 Å². The smallest absolute Gasteiger partial charge is 0.326 e. The normalized spacial score (nSPS) is 15.1.